The molecule has 0 bridgehead atoms. The van der Waals surface area contributed by atoms with E-state index in [1.165, 1.54) is 12.3 Å². The summed E-state index contributed by atoms with van der Waals surface area (Å²) in [6.45, 7) is -0.565. The Morgan fingerprint density at radius 1 is 1.73 bits per heavy atom. The maximum Gasteiger partial charge on any atom is 0.332 e. The monoisotopic (exact) mass is 213 g/mol. The van der Waals surface area contributed by atoms with Crippen LogP contribution in [0.2, 0.25) is 0 Å². The van der Waals surface area contributed by atoms with Crippen LogP contribution in [0.15, 0.2) is 18.3 Å². The van der Waals surface area contributed by atoms with Crippen molar-refractivity contribution >= 4 is 17.5 Å². The van der Waals surface area contributed by atoms with Gasteiger partial charge in [-0.25, -0.2) is 15.3 Å². The summed E-state index contributed by atoms with van der Waals surface area (Å²) in [5.74, 6) is -1.08. The van der Waals surface area contributed by atoms with E-state index in [-0.39, 0.29) is 11.5 Å². The van der Waals surface area contributed by atoms with Crippen molar-refractivity contribution in [3.63, 3.8) is 0 Å². The Morgan fingerprint density at radius 3 is 3.07 bits per heavy atom. The smallest absolute Gasteiger partial charge is 0.332 e. The number of aromatic nitrogens is 1. The molecule has 0 aliphatic rings. The van der Waals surface area contributed by atoms with Gasteiger partial charge in [0.1, 0.15) is 0 Å². The summed E-state index contributed by atoms with van der Waals surface area (Å²) in [6, 6.07) is 2.34. The first-order chi connectivity index (χ1) is 7.09. The highest BCUT2D eigenvalue weighted by atomic mass is 16.7. The molecule has 0 atom stereocenters. The number of rotatable bonds is 5. The van der Waals surface area contributed by atoms with Crippen LogP contribution in [0.25, 0.3) is 0 Å². The zero-order chi connectivity index (χ0) is 11.3. The summed E-state index contributed by atoms with van der Waals surface area (Å²) in [6.07, 6.45) is 1.21. The fourth-order valence-corrected chi connectivity index (χ4v) is 0.761. The van der Waals surface area contributed by atoms with Crippen LogP contribution in [0.1, 0.15) is 0 Å². The molecule has 1 aromatic heterocycles. The van der Waals surface area contributed by atoms with E-state index in [0.717, 1.165) is 6.07 Å². The van der Waals surface area contributed by atoms with E-state index in [9.17, 15) is 14.9 Å². The standard InChI is InChI=1S/C7H7N3O5/c11-7(12)4-15-9-6-3-5(10(13)14)1-2-8-6/h1-3H,4H2,(H,8,9)(H,11,12). The van der Waals surface area contributed by atoms with Crippen LogP contribution in [0.3, 0.4) is 0 Å². The summed E-state index contributed by atoms with van der Waals surface area (Å²) in [7, 11) is 0. The maximum atomic E-state index is 10.4. The number of nitro groups is 1. The highest BCUT2D eigenvalue weighted by Crippen LogP contribution is 2.13. The van der Waals surface area contributed by atoms with Gasteiger partial charge < -0.3 is 5.11 Å². The number of hydrogen-bond acceptors (Lipinski definition) is 6. The van der Waals surface area contributed by atoms with Crippen molar-refractivity contribution in [1.82, 2.24) is 4.98 Å². The van der Waals surface area contributed by atoms with E-state index in [1.54, 1.807) is 0 Å². The van der Waals surface area contributed by atoms with E-state index in [4.69, 9.17) is 5.11 Å². The SMILES string of the molecule is O=C(O)CONc1cc([N+](=O)[O-])ccn1. The molecule has 0 aliphatic carbocycles. The lowest BCUT2D eigenvalue weighted by atomic mass is 10.4. The highest BCUT2D eigenvalue weighted by Gasteiger charge is 2.06. The maximum absolute atomic E-state index is 10.4. The zero-order valence-corrected chi connectivity index (χ0v) is 7.41. The topological polar surface area (TPSA) is 115 Å². The van der Waals surface area contributed by atoms with Crippen LogP contribution in [-0.4, -0.2) is 27.6 Å². The van der Waals surface area contributed by atoms with Crippen molar-refractivity contribution in [2.75, 3.05) is 12.1 Å². The summed E-state index contributed by atoms with van der Waals surface area (Å²) in [5, 5.41) is 18.6. The molecule has 0 aliphatic heterocycles. The molecule has 0 radical (unpaired) electrons. The fourth-order valence-electron chi connectivity index (χ4n) is 0.761. The van der Waals surface area contributed by atoms with Crippen LogP contribution >= 0.6 is 0 Å². The summed E-state index contributed by atoms with van der Waals surface area (Å²) >= 11 is 0. The average molecular weight is 213 g/mol. The van der Waals surface area contributed by atoms with E-state index in [2.05, 4.69) is 15.3 Å². The Hall–Kier alpha value is -2.22. The Morgan fingerprint density at radius 2 is 2.47 bits per heavy atom. The first-order valence-electron chi connectivity index (χ1n) is 3.79. The van der Waals surface area contributed by atoms with Gasteiger partial charge in [0.15, 0.2) is 12.4 Å². The van der Waals surface area contributed by atoms with Gasteiger partial charge in [0.05, 0.1) is 11.0 Å². The molecule has 8 nitrogen and oxygen atoms in total. The van der Waals surface area contributed by atoms with E-state index in [0.29, 0.717) is 0 Å². The molecule has 0 spiro atoms. The molecule has 0 fully saturated rings. The average Bonchev–Trinajstić information content (AvgIpc) is 2.17. The number of nitrogens with zero attached hydrogens (tertiary/aromatic N) is 2. The Kier molecular flexibility index (Phi) is 3.52. The first kappa shape index (κ1) is 10.9. The summed E-state index contributed by atoms with van der Waals surface area (Å²) in [5.41, 5.74) is 2.01. The largest absolute Gasteiger partial charge is 0.479 e. The fraction of sp³-hybridized carbons (Fsp3) is 0.143. The van der Waals surface area contributed by atoms with Crippen LogP contribution in [0.4, 0.5) is 11.5 Å². The van der Waals surface area contributed by atoms with Gasteiger partial charge in [0, 0.05) is 12.3 Å². The quantitative estimate of drug-likeness (QED) is 0.537. The van der Waals surface area contributed by atoms with Crippen molar-refractivity contribution in [1.29, 1.82) is 0 Å². The van der Waals surface area contributed by atoms with Gasteiger partial charge >= 0.3 is 5.97 Å². The molecule has 0 aromatic carbocycles. The Balaban J connectivity index is 2.58. The number of carbonyl (C=O) groups is 1. The van der Waals surface area contributed by atoms with Gasteiger partial charge in [0.2, 0.25) is 0 Å². The van der Waals surface area contributed by atoms with Crippen LogP contribution in [0.5, 0.6) is 0 Å². The molecule has 0 saturated heterocycles. The number of carboxylic acids is 1. The van der Waals surface area contributed by atoms with Crippen molar-refractivity contribution in [3.05, 3.63) is 28.4 Å². The van der Waals surface area contributed by atoms with Gasteiger partial charge in [-0.05, 0) is 0 Å². The van der Waals surface area contributed by atoms with Gasteiger partial charge in [-0.15, -0.1) is 0 Å². The molecule has 80 valence electrons. The Labute approximate surface area is 83.6 Å². The molecular weight excluding hydrogens is 206 g/mol. The number of aliphatic carboxylic acids is 1. The second-order valence-electron chi connectivity index (χ2n) is 2.44. The first-order valence-corrected chi connectivity index (χ1v) is 3.79. The molecule has 0 amide bonds. The Bertz CT molecular complexity index is 381. The molecule has 0 saturated carbocycles. The van der Waals surface area contributed by atoms with Crippen LogP contribution < -0.4 is 5.48 Å². The molecule has 15 heavy (non-hydrogen) atoms. The highest BCUT2D eigenvalue weighted by molar-refractivity contribution is 5.68. The molecule has 2 N–H and O–H groups in total. The van der Waals surface area contributed by atoms with Gasteiger partial charge in [0.25, 0.3) is 5.69 Å². The number of nitrogens with one attached hydrogen (secondary N) is 1. The lowest BCUT2D eigenvalue weighted by Gasteiger charge is -2.02. The van der Waals surface area contributed by atoms with Crippen molar-refractivity contribution < 1.29 is 19.7 Å². The minimum Gasteiger partial charge on any atom is -0.479 e. The van der Waals surface area contributed by atoms with Crippen LogP contribution in [0, 0.1) is 10.1 Å². The van der Waals surface area contributed by atoms with Gasteiger partial charge in [-0.2, -0.15) is 0 Å². The van der Waals surface area contributed by atoms with E-state index in [1.807, 2.05) is 0 Å². The molecule has 1 rings (SSSR count). The lowest BCUT2D eigenvalue weighted by molar-refractivity contribution is -0.384. The van der Waals surface area contributed by atoms with Crippen molar-refractivity contribution in [2.24, 2.45) is 0 Å². The zero-order valence-electron chi connectivity index (χ0n) is 7.41. The normalized spacial score (nSPS) is 9.60. The predicted octanol–water partition coefficient (Wildman–Crippen LogP) is 0.418. The molecule has 0 unspecified atom stereocenters. The number of carboxylic acid groups (broad SMARTS) is 1. The molecule has 1 aromatic rings. The van der Waals surface area contributed by atoms with E-state index >= 15 is 0 Å². The minimum absolute atomic E-state index is 0.0745. The lowest BCUT2D eigenvalue weighted by Crippen LogP contribution is -2.11. The van der Waals surface area contributed by atoms with Crippen molar-refractivity contribution in [2.45, 2.75) is 0 Å². The minimum atomic E-state index is -1.16. The number of anilines is 1. The summed E-state index contributed by atoms with van der Waals surface area (Å²) < 4.78 is 0. The third-order valence-electron chi connectivity index (χ3n) is 1.33. The number of pyridine rings is 1. The van der Waals surface area contributed by atoms with Crippen LogP contribution in [-0.2, 0) is 9.63 Å². The van der Waals surface area contributed by atoms with Gasteiger partial charge in [-0.1, -0.05) is 0 Å². The van der Waals surface area contributed by atoms with Crippen molar-refractivity contribution in [3.8, 4) is 0 Å². The summed E-state index contributed by atoms with van der Waals surface area (Å²) in [4.78, 5) is 28.0. The molecule has 8 heteroatoms. The molecule has 1 heterocycles. The number of hydrogen-bond donors (Lipinski definition) is 2. The second-order valence-corrected chi connectivity index (χ2v) is 2.44. The van der Waals surface area contributed by atoms with E-state index < -0.39 is 17.5 Å². The third kappa shape index (κ3) is 3.56. The molecular formula is C7H7N3O5. The van der Waals surface area contributed by atoms with Gasteiger partial charge in [-0.3, -0.25) is 15.0 Å². The third-order valence-corrected chi connectivity index (χ3v) is 1.33. The predicted molar refractivity (Wildman–Crippen MR) is 48.1 cm³/mol. The second kappa shape index (κ2) is 4.86.